The third kappa shape index (κ3) is 3.57. The molecule has 108 valence electrons. The zero-order valence-electron chi connectivity index (χ0n) is 11.1. The maximum Gasteiger partial charge on any atom is 0.338 e. The molecule has 1 aromatic rings. The van der Waals surface area contributed by atoms with E-state index < -0.39 is 12.1 Å². The lowest BCUT2D eigenvalue weighted by Gasteiger charge is -2.38. The van der Waals surface area contributed by atoms with Crippen LogP contribution in [0.4, 0.5) is 0 Å². The maximum atomic E-state index is 11.8. The SMILES string of the molecule is O=C(O)C[C@H](O)[C@@H]1CC[C@H]1COC(=O)c1ccccc1. The molecule has 0 aromatic heterocycles. The van der Waals surface area contributed by atoms with Gasteiger partial charge in [0.15, 0.2) is 0 Å². The highest BCUT2D eigenvalue weighted by Gasteiger charge is 2.37. The maximum absolute atomic E-state index is 11.8. The van der Waals surface area contributed by atoms with E-state index in [1.807, 2.05) is 6.07 Å². The Labute approximate surface area is 117 Å². The molecular weight excluding hydrogens is 260 g/mol. The summed E-state index contributed by atoms with van der Waals surface area (Å²) in [6, 6.07) is 8.71. The summed E-state index contributed by atoms with van der Waals surface area (Å²) in [7, 11) is 0. The summed E-state index contributed by atoms with van der Waals surface area (Å²) in [6.07, 6.45) is 0.515. The number of aliphatic hydroxyl groups is 1. The first kappa shape index (κ1) is 14.5. The molecule has 2 rings (SSSR count). The van der Waals surface area contributed by atoms with Crippen LogP contribution in [0.3, 0.4) is 0 Å². The minimum Gasteiger partial charge on any atom is -0.481 e. The molecule has 5 nitrogen and oxygen atoms in total. The van der Waals surface area contributed by atoms with Crippen molar-refractivity contribution >= 4 is 11.9 Å². The predicted molar refractivity (Wildman–Crippen MR) is 71.2 cm³/mol. The predicted octanol–water partition coefficient (Wildman–Crippen LogP) is 1.71. The lowest BCUT2D eigenvalue weighted by Crippen LogP contribution is -2.40. The van der Waals surface area contributed by atoms with E-state index in [2.05, 4.69) is 0 Å². The smallest absolute Gasteiger partial charge is 0.338 e. The van der Waals surface area contributed by atoms with Gasteiger partial charge in [-0.15, -0.1) is 0 Å². The van der Waals surface area contributed by atoms with Crippen LogP contribution in [-0.2, 0) is 9.53 Å². The molecule has 0 saturated heterocycles. The quantitative estimate of drug-likeness (QED) is 0.774. The van der Waals surface area contributed by atoms with Crippen LogP contribution in [0, 0.1) is 11.8 Å². The highest BCUT2D eigenvalue weighted by molar-refractivity contribution is 5.89. The number of hydrogen-bond acceptors (Lipinski definition) is 4. The molecule has 20 heavy (non-hydrogen) atoms. The fraction of sp³-hybridized carbons (Fsp3) is 0.467. The average molecular weight is 278 g/mol. The molecule has 0 aliphatic heterocycles. The average Bonchev–Trinajstić information content (AvgIpc) is 2.37. The van der Waals surface area contributed by atoms with Gasteiger partial charge >= 0.3 is 11.9 Å². The number of rotatable bonds is 6. The summed E-state index contributed by atoms with van der Waals surface area (Å²) in [5.74, 6) is -1.43. The molecule has 1 fully saturated rings. The molecule has 0 heterocycles. The van der Waals surface area contributed by atoms with E-state index in [0.717, 1.165) is 12.8 Å². The van der Waals surface area contributed by atoms with Crippen LogP contribution >= 0.6 is 0 Å². The fourth-order valence-corrected chi connectivity index (χ4v) is 2.48. The Morgan fingerprint density at radius 2 is 1.95 bits per heavy atom. The Morgan fingerprint density at radius 3 is 2.50 bits per heavy atom. The first-order chi connectivity index (χ1) is 9.58. The van der Waals surface area contributed by atoms with Gasteiger partial charge in [-0.3, -0.25) is 4.79 Å². The molecule has 2 N–H and O–H groups in total. The third-order valence-corrected chi connectivity index (χ3v) is 3.79. The molecular formula is C15H18O5. The van der Waals surface area contributed by atoms with Crippen LogP contribution in [0.15, 0.2) is 30.3 Å². The van der Waals surface area contributed by atoms with Gasteiger partial charge in [0.05, 0.1) is 24.7 Å². The minimum atomic E-state index is -1.01. The van der Waals surface area contributed by atoms with Gasteiger partial charge in [0.2, 0.25) is 0 Å². The van der Waals surface area contributed by atoms with E-state index in [-0.39, 0.29) is 30.8 Å². The topological polar surface area (TPSA) is 83.8 Å². The zero-order chi connectivity index (χ0) is 14.5. The van der Waals surface area contributed by atoms with Crippen LogP contribution in [0.5, 0.6) is 0 Å². The highest BCUT2D eigenvalue weighted by Crippen LogP contribution is 2.38. The largest absolute Gasteiger partial charge is 0.481 e. The number of ether oxygens (including phenoxy) is 1. The van der Waals surface area contributed by atoms with Crippen molar-refractivity contribution in [2.75, 3.05) is 6.61 Å². The van der Waals surface area contributed by atoms with Crippen LogP contribution in [0.2, 0.25) is 0 Å². The number of aliphatic hydroxyl groups excluding tert-OH is 1. The van der Waals surface area contributed by atoms with Crippen LogP contribution < -0.4 is 0 Å². The number of carboxylic acid groups (broad SMARTS) is 1. The number of hydrogen-bond donors (Lipinski definition) is 2. The van der Waals surface area contributed by atoms with Crippen molar-refractivity contribution in [3.05, 3.63) is 35.9 Å². The number of carbonyl (C=O) groups excluding carboxylic acids is 1. The Balaban J connectivity index is 1.80. The molecule has 0 bridgehead atoms. The zero-order valence-corrected chi connectivity index (χ0v) is 11.1. The van der Waals surface area contributed by atoms with E-state index in [1.54, 1.807) is 24.3 Å². The molecule has 0 unspecified atom stereocenters. The van der Waals surface area contributed by atoms with Gasteiger partial charge in [0, 0.05) is 0 Å². The summed E-state index contributed by atoms with van der Waals surface area (Å²) < 4.78 is 5.22. The van der Waals surface area contributed by atoms with Crippen molar-refractivity contribution in [2.24, 2.45) is 11.8 Å². The Hall–Kier alpha value is -1.88. The molecule has 0 amide bonds. The molecule has 0 spiro atoms. The Kier molecular flexibility index (Phi) is 4.74. The van der Waals surface area contributed by atoms with Crippen molar-refractivity contribution < 1.29 is 24.5 Å². The van der Waals surface area contributed by atoms with Gasteiger partial charge in [0.1, 0.15) is 0 Å². The second-order valence-corrected chi connectivity index (χ2v) is 5.13. The fourth-order valence-electron chi connectivity index (χ4n) is 2.48. The first-order valence-corrected chi connectivity index (χ1v) is 6.70. The summed E-state index contributed by atoms with van der Waals surface area (Å²) >= 11 is 0. The normalized spacial score (nSPS) is 22.6. The second-order valence-electron chi connectivity index (χ2n) is 5.13. The van der Waals surface area contributed by atoms with Gasteiger partial charge in [-0.1, -0.05) is 18.2 Å². The van der Waals surface area contributed by atoms with Gasteiger partial charge < -0.3 is 14.9 Å². The monoisotopic (exact) mass is 278 g/mol. The second kappa shape index (κ2) is 6.52. The Morgan fingerprint density at radius 1 is 1.25 bits per heavy atom. The molecule has 1 aromatic carbocycles. The molecule has 1 aliphatic carbocycles. The first-order valence-electron chi connectivity index (χ1n) is 6.70. The van der Waals surface area contributed by atoms with Crippen molar-refractivity contribution in [1.82, 2.24) is 0 Å². The van der Waals surface area contributed by atoms with E-state index in [9.17, 15) is 14.7 Å². The lowest BCUT2D eigenvalue weighted by atomic mass is 9.70. The number of carboxylic acids is 1. The number of benzene rings is 1. The van der Waals surface area contributed by atoms with Gasteiger partial charge in [-0.25, -0.2) is 4.79 Å². The van der Waals surface area contributed by atoms with Crippen molar-refractivity contribution in [3.8, 4) is 0 Å². The molecule has 1 aliphatic rings. The van der Waals surface area contributed by atoms with Gasteiger partial charge in [0.25, 0.3) is 0 Å². The Bertz CT molecular complexity index is 470. The van der Waals surface area contributed by atoms with Crippen LogP contribution in [0.25, 0.3) is 0 Å². The summed E-state index contributed by atoms with van der Waals surface area (Å²) in [5.41, 5.74) is 0.495. The molecule has 3 atom stereocenters. The third-order valence-electron chi connectivity index (χ3n) is 3.79. The highest BCUT2D eigenvalue weighted by atomic mass is 16.5. The van der Waals surface area contributed by atoms with Gasteiger partial charge in [-0.05, 0) is 36.8 Å². The number of esters is 1. The van der Waals surface area contributed by atoms with Crippen molar-refractivity contribution in [1.29, 1.82) is 0 Å². The molecule has 0 radical (unpaired) electrons. The van der Waals surface area contributed by atoms with E-state index >= 15 is 0 Å². The van der Waals surface area contributed by atoms with Crippen LogP contribution in [0.1, 0.15) is 29.6 Å². The van der Waals surface area contributed by atoms with Gasteiger partial charge in [-0.2, -0.15) is 0 Å². The van der Waals surface area contributed by atoms with E-state index in [4.69, 9.17) is 9.84 Å². The van der Waals surface area contributed by atoms with Crippen molar-refractivity contribution in [3.63, 3.8) is 0 Å². The number of carbonyl (C=O) groups is 2. The standard InChI is InChI=1S/C15H18O5/c16-13(8-14(17)18)12-7-6-11(12)9-20-15(19)10-4-2-1-3-5-10/h1-5,11-13,16H,6-9H2,(H,17,18)/t11-,12+,13-/m0/s1. The minimum absolute atomic E-state index is 0.0528. The van der Waals surface area contributed by atoms with Crippen molar-refractivity contribution in [2.45, 2.75) is 25.4 Å². The molecule has 5 heteroatoms. The van der Waals surface area contributed by atoms with E-state index in [0.29, 0.717) is 5.56 Å². The number of aliphatic carboxylic acids is 1. The lowest BCUT2D eigenvalue weighted by molar-refractivity contribution is -0.141. The molecule has 1 saturated carbocycles. The summed E-state index contributed by atoms with van der Waals surface area (Å²) in [6.45, 7) is 0.231. The summed E-state index contributed by atoms with van der Waals surface area (Å²) in [5, 5.41) is 18.4. The van der Waals surface area contributed by atoms with Crippen LogP contribution in [-0.4, -0.2) is 34.9 Å². The summed E-state index contributed by atoms with van der Waals surface area (Å²) in [4.78, 5) is 22.3. The van der Waals surface area contributed by atoms with E-state index in [1.165, 1.54) is 0 Å².